The molecule has 2 N–H and O–H groups in total. The fourth-order valence-electron chi connectivity index (χ4n) is 2.90. The quantitative estimate of drug-likeness (QED) is 0.894. The number of anilines is 1. The lowest BCUT2D eigenvalue weighted by Gasteiger charge is -2.33. The molecule has 0 bridgehead atoms. The molecule has 0 radical (unpaired) electrons. The molecule has 1 heterocycles. The van der Waals surface area contributed by atoms with Gasteiger partial charge in [0.2, 0.25) is 10.0 Å². The summed E-state index contributed by atoms with van der Waals surface area (Å²) in [6.45, 7) is 4.34. The van der Waals surface area contributed by atoms with E-state index < -0.39 is 10.0 Å². The lowest BCUT2D eigenvalue weighted by Crippen LogP contribution is -2.42. The van der Waals surface area contributed by atoms with E-state index in [-0.39, 0.29) is 10.9 Å². The first-order chi connectivity index (χ1) is 9.44. The molecule has 1 aliphatic carbocycles. The second kappa shape index (κ2) is 6.10. The van der Waals surface area contributed by atoms with Gasteiger partial charge < -0.3 is 5.32 Å². The van der Waals surface area contributed by atoms with Crippen LogP contribution in [0.15, 0.2) is 23.4 Å². The SMILES string of the molecule is CNc1ccncc1S(=O)(=O)NC1CCC(C)CC1C. The van der Waals surface area contributed by atoms with Crippen molar-refractivity contribution < 1.29 is 8.42 Å². The van der Waals surface area contributed by atoms with Gasteiger partial charge in [0.25, 0.3) is 0 Å². The predicted octanol–water partition coefficient (Wildman–Crippen LogP) is 2.23. The molecule has 0 saturated heterocycles. The molecule has 1 fully saturated rings. The number of hydrogen-bond donors (Lipinski definition) is 2. The van der Waals surface area contributed by atoms with Crippen molar-refractivity contribution in [1.82, 2.24) is 9.71 Å². The fraction of sp³-hybridized carbons (Fsp3) is 0.643. The van der Waals surface area contributed by atoms with Crippen molar-refractivity contribution in [3.8, 4) is 0 Å². The molecular weight excluding hydrogens is 274 g/mol. The molecule has 1 aromatic heterocycles. The van der Waals surface area contributed by atoms with Crippen molar-refractivity contribution in [1.29, 1.82) is 0 Å². The van der Waals surface area contributed by atoms with Crippen LogP contribution < -0.4 is 10.0 Å². The molecule has 20 heavy (non-hydrogen) atoms. The standard InChI is InChI=1S/C14H23N3O2S/c1-10-4-5-12(11(2)8-10)17-20(18,19)14-9-16-7-6-13(14)15-3/h6-7,9-12,17H,4-5,8H2,1-3H3,(H,15,16). The van der Waals surface area contributed by atoms with Gasteiger partial charge in [0, 0.05) is 25.5 Å². The van der Waals surface area contributed by atoms with Gasteiger partial charge in [0.05, 0.1) is 5.69 Å². The van der Waals surface area contributed by atoms with Crippen LogP contribution in [0.25, 0.3) is 0 Å². The van der Waals surface area contributed by atoms with Gasteiger partial charge in [-0.3, -0.25) is 4.98 Å². The summed E-state index contributed by atoms with van der Waals surface area (Å²) in [4.78, 5) is 4.14. The highest BCUT2D eigenvalue weighted by Crippen LogP contribution is 2.30. The smallest absolute Gasteiger partial charge is 0.244 e. The zero-order valence-corrected chi connectivity index (χ0v) is 13.1. The monoisotopic (exact) mass is 297 g/mol. The van der Waals surface area contributed by atoms with Crippen molar-refractivity contribution >= 4 is 15.7 Å². The third-order valence-corrected chi connectivity index (χ3v) is 5.60. The molecule has 5 nitrogen and oxygen atoms in total. The fourth-order valence-corrected chi connectivity index (χ4v) is 4.44. The summed E-state index contributed by atoms with van der Waals surface area (Å²) in [6.07, 6.45) is 6.01. The second-order valence-electron chi connectivity index (χ2n) is 5.75. The minimum atomic E-state index is -3.53. The maximum Gasteiger partial charge on any atom is 0.244 e. The van der Waals surface area contributed by atoms with E-state index in [4.69, 9.17) is 0 Å². The molecule has 1 saturated carbocycles. The van der Waals surface area contributed by atoms with E-state index in [1.54, 1.807) is 19.3 Å². The Kier molecular flexibility index (Phi) is 4.65. The maximum absolute atomic E-state index is 12.5. The zero-order chi connectivity index (χ0) is 14.8. The summed E-state index contributed by atoms with van der Waals surface area (Å²) in [5.41, 5.74) is 0.573. The molecule has 0 spiro atoms. The highest BCUT2D eigenvalue weighted by Gasteiger charge is 2.30. The van der Waals surface area contributed by atoms with Crippen LogP contribution in [-0.4, -0.2) is 26.5 Å². The lowest BCUT2D eigenvalue weighted by molar-refractivity contribution is 0.249. The Balaban J connectivity index is 2.19. The van der Waals surface area contributed by atoms with Crippen LogP contribution in [0.1, 0.15) is 33.1 Å². The van der Waals surface area contributed by atoms with Gasteiger partial charge in [-0.1, -0.05) is 13.8 Å². The van der Waals surface area contributed by atoms with Crippen LogP contribution in [0.2, 0.25) is 0 Å². The average Bonchev–Trinajstić information content (AvgIpc) is 2.42. The van der Waals surface area contributed by atoms with Crippen molar-refractivity contribution in [3.05, 3.63) is 18.5 Å². The Hall–Kier alpha value is -1.14. The summed E-state index contributed by atoms with van der Waals surface area (Å²) in [5.74, 6) is 1.04. The zero-order valence-electron chi connectivity index (χ0n) is 12.3. The molecule has 112 valence electrons. The maximum atomic E-state index is 12.5. The van der Waals surface area contributed by atoms with Crippen LogP contribution in [0.5, 0.6) is 0 Å². The molecule has 6 heteroatoms. The van der Waals surface area contributed by atoms with Crippen molar-refractivity contribution in [3.63, 3.8) is 0 Å². The van der Waals surface area contributed by atoms with Crippen LogP contribution in [0.3, 0.4) is 0 Å². The summed E-state index contributed by atoms with van der Waals surface area (Å²) in [7, 11) is -1.82. The molecule has 0 aliphatic heterocycles. The highest BCUT2D eigenvalue weighted by molar-refractivity contribution is 7.89. The van der Waals surface area contributed by atoms with Crippen molar-refractivity contribution in [2.45, 2.75) is 44.0 Å². The molecule has 1 aliphatic rings. The van der Waals surface area contributed by atoms with Gasteiger partial charge in [-0.2, -0.15) is 0 Å². The minimum absolute atomic E-state index is 0.0149. The van der Waals surface area contributed by atoms with E-state index in [0.29, 0.717) is 17.5 Å². The van der Waals surface area contributed by atoms with Crippen LogP contribution in [-0.2, 0) is 10.0 Å². The Labute approximate surface area is 121 Å². The van der Waals surface area contributed by atoms with Crippen molar-refractivity contribution in [2.24, 2.45) is 11.8 Å². The van der Waals surface area contributed by atoms with E-state index in [1.165, 1.54) is 6.20 Å². The predicted molar refractivity (Wildman–Crippen MR) is 80.1 cm³/mol. The largest absolute Gasteiger partial charge is 0.387 e. The first kappa shape index (κ1) is 15.3. The van der Waals surface area contributed by atoms with E-state index >= 15 is 0 Å². The minimum Gasteiger partial charge on any atom is -0.387 e. The molecular formula is C14H23N3O2S. The van der Waals surface area contributed by atoms with Gasteiger partial charge in [0.15, 0.2) is 0 Å². The van der Waals surface area contributed by atoms with E-state index in [0.717, 1.165) is 19.3 Å². The van der Waals surface area contributed by atoms with Gasteiger partial charge >= 0.3 is 0 Å². The number of sulfonamides is 1. The Morgan fingerprint density at radius 1 is 1.30 bits per heavy atom. The van der Waals surface area contributed by atoms with Gasteiger partial charge in [-0.15, -0.1) is 0 Å². The summed E-state index contributed by atoms with van der Waals surface area (Å²) in [6, 6.07) is 1.68. The first-order valence-corrected chi connectivity index (χ1v) is 8.56. The number of pyridine rings is 1. The normalized spacial score (nSPS) is 27.2. The second-order valence-corrected chi connectivity index (χ2v) is 7.43. The number of nitrogens with zero attached hydrogens (tertiary/aromatic N) is 1. The molecule has 3 unspecified atom stereocenters. The summed E-state index contributed by atoms with van der Waals surface area (Å²) >= 11 is 0. The summed E-state index contributed by atoms with van der Waals surface area (Å²) in [5, 5.41) is 2.90. The van der Waals surface area contributed by atoms with Crippen LogP contribution in [0.4, 0.5) is 5.69 Å². The third kappa shape index (κ3) is 3.30. The van der Waals surface area contributed by atoms with Crippen molar-refractivity contribution in [2.75, 3.05) is 12.4 Å². The summed E-state index contributed by atoms with van der Waals surface area (Å²) < 4.78 is 27.9. The van der Waals surface area contributed by atoms with E-state index in [2.05, 4.69) is 28.9 Å². The molecule has 1 aromatic rings. The van der Waals surface area contributed by atoms with Gasteiger partial charge in [-0.05, 0) is 37.2 Å². The first-order valence-electron chi connectivity index (χ1n) is 7.08. The van der Waals surface area contributed by atoms with Crippen LogP contribution >= 0.6 is 0 Å². The third-order valence-electron chi connectivity index (χ3n) is 4.08. The Morgan fingerprint density at radius 3 is 2.70 bits per heavy atom. The van der Waals surface area contributed by atoms with Gasteiger partial charge in [0.1, 0.15) is 4.90 Å². The molecule has 2 rings (SSSR count). The average molecular weight is 297 g/mol. The molecule has 0 amide bonds. The van der Waals surface area contributed by atoms with E-state index in [9.17, 15) is 8.42 Å². The topological polar surface area (TPSA) is 71.1 Å². The number of rotatable bonds is 4. The van der Waals surface area contributed by atoms with E-state index in [1.807, 2.05) is 0 Å². The van der Waals surface area contributed by atoms with Crippen LogP contribution in [0, 0.1) is 11.8 Å². The lowest BCUT2D eigenvalue weighted by atomic mass is 9.80. The number of aromatic nitrogens is 1. The number of nitrogens with one attached hydrogen (secondary N) is 2. The highest BCUT2D eigenvalue weighted by atomic mass is 32.2. The number of hydrogen-bond acceptors (Lipinski definition) is 4. The molecule has 3 atom stereocenters. The Bertz CT molecular complexity index is 559. The van der Waals surface area contributed by atoms with Gasteiger partial charge in [-0.25, -0.2) is 13.1 Å². The molecule has 0 aromatic carbocycles. The Morgan fingerprint density at radius 2 is 2.05 bits per heavy atom.